The Kier molecular flexibility index (Phi) is 13.5. The number of methoxy groups -OCH3 is 1. The summed E-state index contributed by atoms with van der Waals surface area (Å²) in [5.41, 5.74) is 2.74. The molecule has 4 atom stereocenters. The zero-order chi connectivity index (χ0) is 34.8. The van der Waals surface area contributed by atoms with Gasteiger partial charge in [-0.15, -0.1) is 6.58 Å². The van der Waals surface area contributed by atoms with Crippen LogP contribution in [0.4, 0.5) is 13.2 Å². The number of benzene rings is 2. The van der Waals surface area contributed by atoms with Crippen molar-refractivity contribution in [3.63, 3.8) is 0 Å². The molecule has 2 fully saturated rings. The third-order valence-electron chi connectivity index (χ3n) is 9.10. The van der Waals surface area contributed by atoms with E-state index < -0.39 is 17.2 Å². The number of allylic oxidation sites excluding steroid dienone is 1. The molecule has 2 bridgehead atoms. The van der Waals surface area contributed by atoms with E-state index in [1.807, 2.05) is 25.1 Å². The molecule has 1 N–H and O–H groups in total. The minimum absolute atomic E-state index is 0.0972. The van der Waals surface area contributed by atoms with Gasteiger partial charge in [-0.3, -0.25) is 9.78 Å². The molecule has 0 saturated heterocycles. The number of nitrogens with one attached hydrogen (secondary N) is 1. The Bertz CT molecular complexity index is 1490. The number of aryl methyl sites for hydroxylation is 3. The van der Waals surface area contributed by atoms with Crippen molar-refractivity contribution in [2.45, 2.75) is 98.2 Å². The van der Waals surface area contributed by atoms with Crippen LogP contribution >= 0.6 is 0 Å². The minimum atomic E-state index is -4.38. The lowest BCUT2D eigenvalue weighted by Gasteiger charge is -2.53. The van der Waals surface area contributed by atoms with Crippen LogP contribution < -0.4 is 10.1 Å². The molecule has 0 radical (unpaired) electrons. The molecule has 0 amide bonds. The number of hydrogen-bond acceptors (Lipinski definition) is 5. The van der Waals surface area contributed by atoms with Crippen LogP contribution in [-0.4, -0.2) is 36.8 Å². The maximum Gasteiger partial charge on any atom is 0.416 e. The predicted molar refractivity (Wildman–Crippen MR) is 185 cm³/mol. The number of nitrogens with zero attached hydrogens (tertiary/aromatic N) is 1. The molecule has 8 heteroatoms. The smallest absolute Gasteiger partial charge is 0.416 e. The van der Waals surface area contributed by atoms with Crippen molar-refractivity contribution in [3.8, 4) is 5.75 Å². The van der Waals surface area contributed by atoms with Crippen molar-refractivity contribution in [1.29, 1.82) is 0 Å². The van der Waals surface area contributed by atoms with Crippen LogP contribution in [0.2, 0.25) is 0 Å². The molecule has 5 nitrogen and oxygen atoms in total. The summed E-state index contributed by atoms with van der Waals surface area (Å²) < 4.78 is 49.7. The zero-order valence-corrected chi connectivity index (χ0v) is 29.2. The fourth-order valence-electron chi connectivity index (χ4n) is 7.55. The topological polar surface area (TPSA) is 60.5 Å². The number of esters is 1. The lowest BCUT2D eigenvalue weighted by atomic mass is 9.54. The van der Waals surface area contributed by atoms with E-state index in [-0.39, 0.29) is 17.3 Å². The quantitative estimate of drug-likeness (QED) is 0.149. The SMILES string of the molecule is C=CCC.COC(=O)C12CC(C)CC(CC(C)(NCCCOc3cc(C)cc(C(F)(F)F)c3)C1)C2.Cc1cc(C)c2ccccc2n1. The van der Waals surface area contributed by atoms with Crippen molar-refractivity contribution >= 4 is 16.9 Å². The van der Waals surface area contributed by atoms with Gasteiger partial charge in [-0.2, -0.15) is 13.2 Å². The number of hydrogen-bond donors (Lipinski definition) is 1. The number of para-hydroxylation sites is 1. The van der Waals surface area contributed by atoms with Crippen LogP contribution in [0.15, 0.2) is 61.2 Å². The first kappa shape index (κ1) is 38.1. The second-order valence-electron chi connectivity index (χ2n) is 13.8. The van der Waals surface area contributed by atoms with Crippen molar-refractivity contribution in [2.24, 2.45) is 17.3 Å². The van der Waals surface area contributed by atoms with E-state index in [1.165, 1.54) is 18.1 Å². The van der Waals surface area contributed by atoms with Crippen LogP contribution in [0.5, 0.6) is 5.75 Å². The van der Waals surface area contributed by atoms with Gasteiger partial charge in [-0.05, 0) is 132 Å². The Morgan fingerprint density at radius 1 is 1.11 bits per heavy atom. The lowest BCUT2D eigenvalue weighted by Crippen LogP contribution is -2.57. The van der Waals surface area contributed by atoms with Crippen LogP contribution in [0, 0.1) is 38.0 Å². The molecular formula is C39H53F3N2O3. The number of rotatable bonds is 8. The van der Waals surface area contributed by atoms with E-state index in [2.05, 4.69) is 62.8 Å². The van der Waals surface area contributed by atoms with Crippen LogP contribution in [0.25, 0.3) is 10.9 Å². The van der Waals surface area contributed by atoms with Gasteiger partial charge in [0.25, 0.3) is 0 Å². The molecule has 2 aromatic carbocycles. The third kappa shape index (κ3) is 10.8. The minimum Gasteiger partial charge on any atom is -0.494 e. The average Bonchev–Trinajstić information content (AvgIpc) is 2.99. The molecular weight excluding hydrogens is 601 g/mol. The van der Waals surface area contributed by atoms with E-state index in [9.17, 15) is 18.0 Å². The summed E-state index contributed by atoms with van der Waals surface area (Å²) in [5, 5.41) is 4.86. The molecule has 0 aliphatic heterocycles. The number of carbonyl (C=O) groups excluding carboxylic acids is 1. The van der Waals surface area contributed by atoms with Crippen molar-refractivity contribution in [2.75, 3.05) is 20.3 Å². The summed E-state index contributed by atoms with van der Waals surface area (Å²) in [4.78, 5) is 17.1. The number of aromatic nitrogens is 1. The molecule has 5 rings (SSSR count). The first-order valence-electron chi connectivity index (χ1n) is 16.7. The van der Waals surface area contributed by atoms with Gasteiger partial charge < -0.3 is 14.8 Å². The van der Waals surface area contributed by atoms with Gasteiger partial charge >= 0.3 is 12.1 Å². The normalized spacial score (nSPS) is 23.4. The van der Waals surface area contributed by atoms with Gasteiger partial charge in [-0.25, -0.2) is 0 Å². The standard InChI is InChI=1S/C24H34F3NO3.C11H11N.C4H8/c1-16-9-19(24(25,26)27)11-20(10-16)31-7-5-6-28-22(3)13-18-8-17(2)12-23(14-18,15-22)21(29)30-4;1-8-7-9(2)12-11-6-4-3-5-10(8)11;1-3-4-2/h9-11,17-18,28H,5-8,12-15H2,1-4H3;3-7H,1-2H3;3H,1,4H2,2H3. The summed E-state index contributed by atoms with van der Waals surface area (Å²) in [6.45, 7) is 16.7. The van der Waals surface area contributed by atoms with E-state index in [0.717, 1.165) is 61.9 Å². The number of halogens is 3. The van der Waals surface area contributed by atoms with Crippen molar-refractivity contribution in [3.05, 3.63) is 83.6 Å². The second kappa shape index (κ2) is 16.6. The van der Waals surface area contributed by atoms with Crippen molar-refractivity contribution < 1.29 is 27.4 Å². The highest BCUT2D eigenvalue weighted by Gasteiger charge is 2.54. The summed E-state index contributed by atoms with van der Waals surface area (Å²) in [5.74, 6) is 1.16. The highest BCUT2D eigenvalue weighted by Crippen LogP contribution is 2.54. The third-order valence-corrected chi connectivity index (χ3v) is 9.10. The molecule has 3 aromatic rings. The summed E-state index contributed by atoms with van der Waals surface area (Å²) >= 11 is 0. The monoisotopic (exact) mass is 654 g/mol. The zero-order valence-electron chi connectivity index (χ0n) is 29.2. The first-order chi connectivity index (χ1) is 22.1. The molecule has 2 aliphatic rings. The highest BCUT2D eigenvalue weighted by atomic mass is 19.4. The Morgan fingerprint density at radius 3 is 2.47 bits per heavy atom. The molecule has 0 spiro atoms. The van der Waals surface area contributed by atoms with E-state index >= 15 is 0 Å². The Balaban J connectivity index is 0.000000307. The maximum atomic E-state index is 13.0. The van der Waals surface area contributed by atoms with Gasteiger partial charge in [-0.1, -0.05) is 38.1 Å². The Morgan fingerprint density at radius 2 is 1.81 bits per heavy atom. The first-order valence-corrected chi connectivity index (χ1v) is 16.7. The predicted octanol–water partition coefficient (Wildman–Crippen LogP) is 9.95. The van der Waals surface area contributed by atoms with E-state index in [4.69, 9.17) is 9.47 Å². The van der Waals surface area contributed by atoms with Crippen LogP contribution in [0.1, 0.15) is 88.1 Å². The van der Waals surface area contributed by atoms with E-state index in [0.29, 0.717) is 37.0 Å². The largest absolute Gasteiger partial charge is 0.494 e. The van der Waals surface area contributed by atoms with E-state index in [1.54, 1.807) is 13.0 Å². The molecule has 258 valence electrons. The average molecular weight is 655 g/mol. The fourth-order valence-corrected chi connectivity index (χ4v) is 7.55. The molecule has 1 heterocycles. The number of ether oxygens (including phenoxy) is 2. The van der Waals surface area contributed by atoms with Gasteiger partial charge in [0.2, 0.25) is 0 Å². The molecule has 47 heavy (non-hydrogen) atoms. The van der Waals surface area contributed by atoms with Gasteiger partial charge in [0.15, 0.2) is 0 Å². The molecule has 1 aromatic heterocycles. The van der Waals surface area contributed by atoms with Gasteiger partial charge in [0.05, 0.1) is 30.2 Å². The number of carbonyl (C=O) groups is 1. The van der Waals surface area contributed by atoms with Crippen molar-refractivity contribution in [1.82, 2.24) is 10.3 Å². The Labute approximate surface area is 279 Å². The molecule has 2 aliphatic carbocycles. The van der Waals surface area contributed by atoms with Gasteiger partial charge in [0.1, 0.15) is 5.75 Å². The number of fused-ring (bicyclic) bond motifs is 3. The van der Waals surface area contributed by atoms with Gasteiger partial charge in [0, 0.05) is 16.6 Å². The molecule has 4 unspecified atom stereocenters. The number of alkyl halides is 3. The summed E-state index contributed by atoms with van der Waals surface area (Å²) in [7, 11) is 1.47. The summed E-state index contributed by atoms with van der Waals surface area (Å²) in [6.07, 6.45) is 3.91. The molecule has 2 saturated carbocycles. The fraction of sp³-hybridized carbons (Fsp3) is 0.538. The maximum absolute atomic E-state index is 13.0. The Hall–Kier alpha value is -3.39. The highest BCUT2D eigenvalue weighted by molar-refractivity contribution is 5.82. The second-order valence-corrected chi connectivity index (χ2v) is 13.8. The number of pyridine rings is 1. The lowest BCUT2D eigenvalue weighted by molar-refractivity contribution is -0.163. The van der Waals surface area contributed by atoms with Crippen LogP contribution in [0.3, 0.4) is 0 Å². The summed E-state index contributed by atoms with van der Waals surface area (Å²) in [6, 6.07) is 14.1. The van der Waals surface area contributed by atoms with Crippen LogP contribution in [-0.2, 0) is 15.7 Å².